The molecule has 3 aliphatic rings. The Labute approximate surface area is 504 Å². The highest BCUT2D eigenvalue weighted by molar-refractivity contribution is 7.91. The van der Waals surface area contributed by atoms with Crippen molar-refractivity contribution in [2.24, 2.45) is 23.7 Å². The van der Waals surface area contributed by atoms with E-state index in [-0.39, 0.29) is 77.8 Å². The van der Waals surface area contributed by atoms with Gasteiger partial charge < -0.3 is 42.0 Å². The monoisotopic (exact) mass is 1230 g/mol. The second-order valence-electron chi connectivity index (χ2n) is 23.0. The van der Waals surface area contributed by atoms with Crippen LogP contribution in [0.3, 0.4) is 0 Å². The van der Waals surface area contributed by atoms with Crippen LogP contribution in [0, 0.1) is 23.7 Å². The van der Waals surface area contributed by atoms with Crippen molar-refractivity contribution in [1.29, 1.82) is 0 Å². The normalized spacial score (nSPS) is 16.3. The molecular weight excluding hydrogens is 1160 g/mol. The third kappa shape index (κ3) is 14.1. The predicted octanol–water partition coefficient (Wildman–Crippen LogP) is 6.31. The fourth-order valence-corrected chi connectivity index (χ4v) is 13.2. The van der Waals surface area contributed by atoms with Crippen molar-refractivity contribution in [3.63, 3.8) is 0 Å². The number of nitrogens with one attached hydrogen (secondary N) is 5. The maximum atomic E-state index is 14.1. The van der Waals surface area contributed by atoms with Gasteiger partial charge in [0.1, 0.15) is 23.6 Å². The summed E-state index contributed by atoms with van der Waals surface area (Å²) in [5.41, 5.74) is 8.66. The van der Waals surface area contributed by atoms with Gasteiger partial charge in [-0.1, -0.05) is 113 Å². The van der Waals surface area contributed by atoms with Gasteiger partial charge in [0.2, 0.25) is 23.6 Å². The topological polar surface area (TPSA) is 341 Å². The minimum atomic E-state index is -5.04. The molecule has 24 heteroatoms. The van der Waals surface area contributed by atoms with Crippen LogP contribution in [0.25, 0.3) is 11.1 Å². The van der Waals surface area contributed by atoms with Gasteiger partial charge in [0, 0.05) is 60.5 Å². The van der Waals surface area contributed by atoms with Gasteiger partial charge in [-0.25, -0.2) is 13.2 Å². The minimum Gasteiger partial charge on any atom is -0.449 e. The lowest BCUT2D eigenvalue weighted by atomic mass is 9.82. The first-order valence-corrected chi connectivity index (χ1v) is 31.8. The first-order valence-electron chi connectivity index (χ1n) is 28.7. The van der Waals surface area contributed by atoms with Crippen LogP contribution in [0.15, 0.2) is 113 Å². The SMILES string of the molecule is CC(CC(=O)C(C)NC(=O)OCC1c2ccccc2-c2ccccc21)C(=O)NC(C)C(=O)N1CCCC1C(=O)NC(C(=O)CC(C(=O)NCCS(=O)(=O)c1cccc(Nc2cc(S(=O)(=O)O)c(N)c3c2C(=O)c2ccccc2C3=O)c1)C(C)C)C(C)C. The highest BCUT2D eigenvalue weighted by Crippen LogP contribution is 2.45. The van der Waals surface area contributed by atoms with E-state index in [2.05, 4.69) is 26.6 Å². The summed E-state index contributed by atoms with van der Waals surface area (Å²) < 4.78 is 68.0. The largest absolute Gasteiger partial charge is 0.449 e. The van der Waals surface area contributed by atoms with Crippen molar-refractivity contribution >= 4 is 89.9 Å². The van der Waals surface area contributed by atoms with E-state index >= 15 is 0 Å². The first-order chi connectivity index (χ1) is 41.1. The third-order valence-corrected chi connectivity index (χ3v) is 18.8. The van der Waals surface area contributed by atoms with Crippen LogP contribution in [-0.2, 0) is 53.5 Å². The van der Waals surface area contributed by atoms with E-state index in [4.69, 9.17) is 10.5 Å². The number of benzene rings is 5. The summed E-state index contributed by atoms with van der Waals surface area (Å²) in [4.78, 5) is 123. The number of hydrogen-bond donors (Lipinski definition) is 7. The second kappa shape index (κ2) is 26.6. The standard InChI is InChI=1S/C63H71N7O15S2/c1-33(2)46(60(76)65-25-27-86(80,81)39-17-14-16-38(29-39)68-48-31-52(87(82,83)84)55(64)54-53(48)57(73)44-22-12-13-23-45(44)58(54)74)30-51(72)56(34(3)4)69-61(77)49-24-15-26-70(49)62(78)37(7)66-59(75)35(5)28-50(71)36(6)67-63(79)85-32-47-42-20-10-8-18-40(42)41-19-9-11-21-43(41)47/h8-14,16-23,29,31,33-37,46-47,49,56,68H,15,24-28,30,32,64H2,1-7H3,(H,65,76)(H,66,75)(H,67,79)(H,69,77)(H,82,83,84). The molecule has 0 aromatic heterocycles. The van der Waals surface area contributed by atoms with Crippen molar-refractivity contribution in [3.05, 3.63) is 137 Å². The summed E-state index contributed by atoms with van der Waals surface area (Å²) in [5, 5.41) is 13.5. The van der Waals surface area contributed by atoms with E-state index in [9.17, 15) is 64.5 Å². The average molecular weight is 1230 g/mol. The fraction of sp³-hybridized carbons (Fsp3) is 0.381. The number of likely N-dealkylation sites (tertiary alicyclic amines) is 1. The molecule has 0 bridgehead atoms. The zero-order valence-corrected chi connectivity index (χ0v) is 50.8. The zero-order valence-electron chi connectivity index (χ0n) is 49.2. The Morgan fingerprint density at radius 2 is 1.28 bits per heavy atom. The van der Waals surface area contributed by atoms with E-state index in [0.29, 0.717) is 6.42 Å². The number of Topliss-reactive ketones (excluding diaryl/α,β-unsaturated/α-hetero) is 2. The summed E-state index contributed by atoms with van der Waals surface area (Å²) in [7, 11) is -9.22. The number of amides is 5. The van der Waals surface area contributed by atoms with E-state index < -0.39 is 143 Å². The number of carbonyl (C=O) groups is 9. The average Bonchev–Trinajstić information content (AvgIpc) is 1.43. The summed E-state index contributed by atoms with van der Waals surface area (Å²) in [6, 6.07) is 23.5. The molecule has 1 heterocycles. The van der Waals surface area contributed by atoms with Crippen LogP contribution >= 0.6 is 0 Å². The number of hydrogen-bond acceptors (Lipinski definition) is 16. The van der Waals surface area contributed by atoms with E-state index in [1.807, 2.05) is 48.5 Å². The van der Waals surface area contributed by atoms with Gasteiger partial charge in [-0.3, -0.25) is 42.9 Å². The molecule has 0 saturated carbocycles. The molecule has 1 aliphatic heterocycles. The van der Waals surface area contributed by atoms with Gasteiger partial charge >= 0.3 is 6.09 Å². The van der Waals surface area contributed by atoms with Crippen LogP contribution in [0.5, 0.6) is 0 Å². The van der Waals surface area contributed by atoms with E-state index in [1.165, 1.54) is 74.2 Å². The van der Waals surface area contributed by atoms with Gasteiger partial charge in [0.25, 0.3) is 10.1 Å². The fourth-order valence-electron chi connectivity index (χ4n) is 11.4. The smallest absolute Gasteiger partial charge is 0.407 e. The van der Waals surface area contributed by atoms with Gasteiger partial charge in [-0.05, 0) is 85.0 Å². The van der Waals surface area contributed by atoms with Gasteiger partial charge in [0.05, 0.1) is 45.2 Å². The summed E-state index contributed by atoms with van der Waals surface area (Å²) in [5.74, 6) is -8.30. The summed E-state index contributed by atoms with van der Waals surface area (Å²) >= 11 is 0. The Bertz CT molecular complexity index is 3780. The van der Waals surface area contributed by atoms with Gasteiger partial charge in [-0.15, -0.1) is 0 Å². The number of fused-ring (bicyclic) bond motifs is 5. The number of ketones is 4. The maximum Gasteiger partial charge on any atom is 0.407 e. The number of anilines is 3. The number of nitrogens with zero attached hydrogens (tertiary/aromatic N) is 1. The van der Waals surface area contributed by atoms with Crippen LogP contribution in [-0.4, -0.2) is 129 Å². The molecule has 8 N–H and O–H groups in total. The molecule has 5 aromatic rings. The molecular formula is C63H71N7O15S2. The molecule has 6 atom stereocenters. The molecule has 1 saturated heterocycles. The lowest BCUT2D eigenvalue weighted by Crippen LogP contribution is -2.56. The molecule has 0 radical (unpaired) electrons. The minimum absolute atomic E-state index is 0.0152. The molecule has 460 valence electrons. The van der Waals surface area contributed by atoms with Crippen molar-refractivity contribution in [2.75, 3.05) is 36.5 Å². The van der Waals surface area contributed by atoms with Gasteiger partial charge in [-0.2, -0.15) is 8.42 Å². The Morgan fingerprint density at radius 3 is 1.87 bits per heavy atom. The Kier molecular flexibility index (Phi) is 19.7. The molecule has 6 unspecified atom stereocenters. The molecule has 5 amide bonds. The summed E-state index contributed by atoms with van der Waals surface area (Å²) in [6.07, 6.45) is -0.666. The lowest BCUT2D eigenvalue weighted by Gasteiger charge is -2.30. The number of alkyl carbamates (subject to hydrolysis) is 1. The van der Waals surface area contributed by atoms with Crippen molar-refractivity contribution in [3.8, 4) is 11.1 Å². The van der Waals surface area contributed by atoms with Crippen LogP contribution in [0.4, 0.5) is 21.9 Å². The Hall–Kier alpha value is -8.61. The molecule has 5 aromatic carbocycles. The molecule has 22 nitrogen and oxygen atoms in total. The number of ether oxygens (including phenoxy) is 1. The molecule has 2 aliphatic carbocycles. The molecule has 0 spiro atoms. The van der Waals surface area contributed by atoms with Crippen LogP contribution in [0.1, 0.15) is 123 Å². The lowest BCUT2D eigenvalue weighted by molar-refractivity contribution is -0.142. The Morgan fingerprint density at radius 1 is 0.678 bits per heavy atom. The number of nitrogen functional groups attached to an aromatic ring is 1. The number of rotatable bonds is 24. The second-order valence-corrected chi connectivity index (χ2v) is 26.5. The van der Waals surface area contributed by atoms with Crippen molar-refractivity contribution in [1.82, 2.24) is 26.2 Å². The molecule has 8 rings (SSSR count). The van der Waals surface area contributed by atoms with E-state index in [1.54, 1.807) is 27.7 Å². The van der Waals surface area contributed by atoms with Crippen molar-refractivity contribution < 1.29 is 69.3 Å². The predicted molar refractivity (Wildman–Crippen MR) is 322 cm³/mol. The van der Waals surface area contributed by atoms with Crippen LogP contribution < -0.4 is 32.3 Å². The summed E-state index contributed by atoms with van der Waals surface area (Å²) in [6.45, 7) is 11.2. The van der Waals surface area contributed by atoms with Gasteiger partial charge in [0.15, 0.2) is 33.0 Å². The van der Waals surface area contributed by atoms with E-state index in [0.717, 1.165) is 28.3 Å². The molecule has 1 fully saturated rings. The maximum absolute atomic E-state index is 14.1. The third-order valence-electron chi connectivity index (χ3n) is 16.2. The number of nitrogens with two attached hydrogens (primary N) is 1. The number of carbonyl (C=O) groups excluding carboxylic acids is 9. The Balaban J connectivity index is 0.815. The first kappa shape index (κ1) is 64.4. The zero-order chi connectivity index (χ0) is 63.4. The highest BCUT2D eigenvalue weighted by Gasteiger charge is 2.41. The van der Waals surface area contributed by atoms with Crippen LogP contribution in [0.2, 0.25) is 0 Å². The van der Waals surface area contributed by atoms with Crippen molar-refractivity contribution in [2.45, 2.75) is 114 Å². The number of sulfone groups is 1. The highest BCUT2D eigenvalue weighted by atomic mass is 32.2. The quantitative estimate of drug-likeness (QED) is 0.0258. The molecule has 87 heavy (non-hydrogen) atoms.